The number of benzene rings is 2. The van der Waals surface area contributed by atoms with Crippen molar-refractivity contribution < 1.29 is 23.8 Å². The zero-order valence-electron chi connectivity index (χ0n) is 14.3. The highest BCUT2D eigenvalue weighted by Crippen LogP contribution is 2.29. The van der Waals surface area contributed by atoms with Crippen molar-refractivity contribution in [2.45, 2.75) is 26.0 Å². The van der Waals surface area contributed by atoms with Gasteiger partial charge in [0, 0.05) is 7.05 Å². The summed E-state index contributed by atoms with van der Waals surface area (Å²) in [4.78, 5) is 25.2. The van der Waals surface area contributed by atoms with E-state index in [4.69, 9.17) is 4.74 Å². The quantitative estimate of drug-likeness (QED) is 0.897. The molecule has 2 aromatic carbocycles. The molecule has 1 atom stereocenters. The molecule has 1 N–H and O–H groups in total. The molecule has 0 aromatic heterocycles. The molecule has 0 fully saturated rings. The van der Waals surface area contributed by atoms with Crippen molar-refractivity contribution >= 4 is 12.1 Å². The van der Waals surface area contributed by atoms with Gasteiger partial charge in [0.15, 0.2) is 5.54 Å². The second kappa shape index (κ2) is 7.34. The lowest BCUT2D eigenvalue weighted by Gasteiger charge is -2.34. The molecule has 0 heterocycles. The highest BCUT2D eigenvalue weighted by atomic mass is 19.1. The highest BCUT2D eigenvalue weighted by molar-refractivity contribution is 5.85. The average Bonchev–Trinajstić information content (AvgIpc) is 2.61. The Morgan fingerprint density at radius 2 is 1.84 bits per heavy atom. The number of hydrogen-bond donors (Lipinski definition) is 1. The van der Waals surface area contributed by atoms with Crippen molar-refractivity contribution in [3.63, 3.8) is 0 Å². The number of ether oxygens (including phenoxy) is 1. The number of aliphatic carboxylic acids is 1. The number of carboxylic acids is 1. The van der Waals surface area contributed by atoms with Crippen molar-refractivity contribution in [3.8, 4) is 0 Å². The molecule has 1 amide bonds. The second-order valence-corrected chi connectivity index (χ2v) is 5.94. The Labute approximate surface area is 145 Å². The predicted molar refractivity (Wildman–Crippen MR) is 90.5 cm³/mol. The van der Waals surface area contributed by atoms with Crippen LogP contribution < -0.4 is 0 Å². The van der Waals surface area contributed by atoms with E-state index < -0.39 is 23.4 Å². The Morgan fingerprint density at radius 1 is 1.20 bits per heavy atom. The van der Waals surface area contributed by atoms with Crippen LogP contribution in [0.3, 0.4) is 0 Å². The first-order chi connectivity index (χ1) is 11.8. The van der Waals surface area contributed by atoms with Gasteiger partial charge < -0.3 is 9.84 Å². The molecule has 0 aliphatic heterocycles. The van der Waals surface area contributed by atoms with Gasteiger partial charge in [0.1, 0.15) is 12.4 Å². The Hall–Kier alpha value is -2.89. The number of likely N-dealkylation sites (N-methyl/N-ethyl adjacent to an activating group) is 1. The summed E-state index contributed by atoms with van der Waals surface area (Å²) < 4.78 is 19.1. The molecule has 0 bridgehead atoms. The van der Waals surface area contributed by atoms with Gasteiger partial charge in [-0.05, 0) is 36.6 Å². The highest BCUT2D eigenvalue weighted by Gasteiger charge is 2.43. The van der Waals surface area contributed by atoms with Crippen LogP contribution in [0.5, 0.6) is 0 Å². The van der Waals surface area contributed by atoms with Crippen LogP contribution in [0.25, 0.3) is 0 Å². The van der Waals surface area contributed by atoms with Crippen LogP contribution in [0.1, 0.15) is 23.6 Å². The molecule has 5 nitrogen and oxygen atoms in total. The summed E-state index contributed by atoms with van der Waals surface area (Å²) in [5.74, 6) is -1.81. The zero-order valence-corrected chi connectivity index (χ0v) is 14.3. The Kier molecular flexibility index (Phi) is 5.41. The molecule has 2 aromatic rings. The molecule has 0 saturated carbocycles. The first kappa shape index (κ1) is 18.4. The van der Waals surface area contributed by atoms with Gasteiger partial charge in [-0.2, -0.15) is 0 Å². The third-order valence-corrected chi connectivity index (χ3v) is 4.30. The summed E-state index contributed by atoms with van der Waals surface area (Å²) >= 11 is 0. The molecule has 0 spiro atoms. The normalized spacial score (nSPS) is 13.0. The van der Waals surface area contributed by atoms with E-state index in [0.29, 0.717) is 5.56 Å². The van der Waals surface area contributed by atoms with Crippen LogP contribution in [-0.2, 0) is 21.7 Å². The number of amides is 1. The van der Waals surface area contributed by atoms with E-state index in [1.54, 1.807) is 19.1 Å². The van der Waals surface area contributed by atoms with Gasteiger partial charge in [-0.25, -0.2) is 14.0 Å². The first-order valence-corrected chi connectivity index (χ1v) is 7.71. The Balaban J connectivity index is 2.24. The SMILES string of the molecule is Cc1ccc(C(C)(C(=O)O)N(C)C(=O)OCc2ccccc2)cc1F. The Bertz CT molecular complexity index is 778. The van der Waals surface area contributed by atoms with Crippen molar-refractivity contribution in [3.05, 3.63) is 71.0 Å². The fourth-order valence-electron chi connectivity index (χ4n) is 2.35. The number of rotatable bonds is 5. The average molecular weight is 345 g/mol. The summed E-state index contributed by atoms with van der Waals surface area (Å²) in [7, 11) is 1.32. The summed E-state index contributed by atoms with van der Waals surface area (Å²) in [6.07, 6.45) is -0.810. The zero-order chi connectivity index (χ0) is 18.6. The number of halogens is 1. The fraction of sp³-hybridized carbons (Fsp3) is 0.263. The van der Waals surface area contributed by atoms with Crippen molar-refractivity contribution in [1.29, 1.82) is 0 Å². The van der Waals surface area contributed by atoms with Gasteiger partial charge in [0.2, 0.25) is 0 Å². The lowest BCUT2D eigenvalue weighted by atomic mass is 9.90. The summed E-state index contributed by atoms with van der Waals surface area (Å²) in [6, 6.07) is 13.1. The first-order valence-electron chi connectivity index (χ1n) is 7.71. The minimum atomic E-state index is -1.76. The molecular formula is C19H20FNO4. The predicted octanol–water partition coefficient (Wildman–Crippen LogP) is 3.70. The number of carbonyl (C=O) groups excluding carboxylic acids is 1. The van der Waals surface area contributed by atoms with Gasteiger partial charge >= 0.3 is 12.1 Å². The number of carbonyl (C=O) groups is 2. The van der Waals surface area contributed by atoms with Gasteiger partial charge in [0.25, 0.3) is 0 Å². The number of aryl methyl sites for hydroxylation is 1. The minimum absolute atomic E-state index is 0.0158. The van der Waals surface area contributed by atoms with Crippen LogP contribution in [0, 0.1) is 12.7 Å². The molecule has 0 aliphatic rings. The molecule has 1 unspecified atom stereocenters. The van der Waals surface area contributed by atoms with Crippen LogP contribution in [0.2, 0.25) is 0 Å². The van der Waals surface area contributed by atoms with Gasteiger partial charge in [-0.1, -0.05) is 42.5 Å². The molecule has 25 heavy (non-hydrogen) atoms. The standard InChI is InChI=1S/C19H20FNO4/c1-13-9-10-15(11-16(13)20)19(2,17(22)23)21(3)18(24)25-12-14-7-5-4-6-8-14/h4-11H,12H2,1-3H3,(H,22,23). The van der Waals surface area contributed by atoms with Crippen molar-refractivity contribution in [2.24, 2.45) is 0 Å². The second-order valence-electron chi connectivity index (χ2n) is 5.94. The summed E-state index contributed by atoms with van der Waals surface area (Å²) in [5.41, 5.74) is -0.432. The Morgan fingerprint density at radius 3 is 2.40 bits per heavy atom. The number of carboxylic acid groups (broad SMARTS) is 1. The van der Waals surface area contributed by atoms with Crippen molar-refractivity contribution in [2.75, 3.05) is 7.05 Å². The van der Waals surface area contributed by atoms with E-state index in [-0.39, 0.29) is 12.2 Å². The maximum atomic E-state index is 13.9. The van der Waals surface area contributed by atoms with Crippen LogP contribution in [0.4, 0.5) is 9.18 Å². The summed E-state index contributed by atoms with van der Waals surface area (Å²) in [5, 5.41) is 9.68. The van der Waals surface area contributed by atoms with E-state index in [1.165, 1.54) is 26.1 Å². The van der Waals surface area contributed by atoms with Gasteiger partial charge in [0.05, 0.1) is 0 Å². The molecule has 0 aliphatic carbocycles. The largest absolute Gasteiger partial charge is 0.479 e. The maximum absolute atomic E-state index is 13.9. The van der Waals surface area contributed by atoms with E-state index in [1.807, 2.05) is 18.2 Å². The van der Waals surface area contributed by atoms with Crippen LogP contribution in [0.15, 0.2) is 48.5 Å². The van der Waals surface area contributed by atoms with E-state index >= 15 is 0 Å². The molecule has 0 radical (unpaired) electrons. The summed E-state index contributed by atoms with van der Waals surface area (Å²) in [6.45, 7) is 2.93. The van der Waals surface area contributed by atoms with E-state index in [2.05, 4.69) is 0 Å². The smallest absolute Gasteiger partial charge is 0.411 e. The lowest BCUT2D eigenvalue weighted by molar-refractivity contribution is -0.149. The fourth-order valence-corrected chi connectivity index (χ4v) is 2.35. The van der Waals surface area contributed by atoms with Gasteiger partial charge in [-0.3, -0.25) is 4.90 Å². The van der Waals surface area contributed by atoms with Crippen LogP contribution in [-0.4, -0.2) is 29.1 Å². The molecule has 0 saturated heterocycles. The maximum Gasteiger partial charge on any atom is 0.411 e. The molecule has 2 rings (SSSR count). The third kappa shape index (κ3) is 3.79. The monoisotopic (exact) mass is 345 g/mol. The topological polar surface area (TPSA) is 66.8 Å². The number of nitrogens with zero attached hydrogens (tertiary/aromatic N) is 1. The molecule has 132 valence electrons. The van der Waals surface area contributed by atoms with Crippen LogP contribution >= 0.6 is 0 Å². The van der Waals surface area contributed by atoms with Crippen molar-refractivity contribution in [1.82, 2.24) is 4.90 Å². The van der Waals surface area contributed by atoms with E-state index in [0.717, 1.165) is 16.5 Å². The molecule has 6 heteroatoms. The number of hydrogen-bond acceptors (Lipinski definition) is 3. The minimum Gasteiger partial charge on any atom is -0.479 e. The third-order valence-electron chi connectivity index (χ3n) is 4.30. The van der Waals surface area contributed by atoms with E-state index in [9.17, 15) is 19.1 Å². The molecular weight excluding hydrogens is 325 g/mol. The lowest BCUT2D eigenvalue weighted by Crippen LogP contribution is -2.50. The van der Waals surface area contributed by atoms with Gasteiger partial charge in [-0.15, -0.1) is 0 Å².